The van der Waals surface area contributed by atoms with E-state index in [2.05, 4.69) is 32.7 Å². The summed E-state index contributed by atoms with van der Waals surface area (Å²) in [6, 6.07) is 3.13. The molecule has 0 heterocycles. The zero-order valence-corrected chi connectivity index (χ0v) is 16.4. The highest BCUT2D eigenvalue weighted by molar-refractivity contribution is 6.75. The molecule has 16 heavy (non-hydrogen) atoms. The molecule has 0 aliphatic heterocycles. The summed E-state index contributed by atoms with van der Waals surface area (Å²) in [5.74, 6) is 0. The lowest BCUT2D eigenvalue weighted by molar-refractivity contribution is 0.763. The summed E-state index contributed by atoms with van der Waals surface area (Å²) in [7, 11) is 0.869. The summed E-state index contributed by atoms with van der Waals surface area (Å²) < 4.78 is 0. The van der Waals surface area contributed by atoms with Crippen LogP contribution in [-0.2, 0) is 0 Å². The normalized spacial score (nSPS) is 12.0. The van der Waals surface area contributed by atoms with Gasteiger partial charge in [-0.25, -0.2) is 0 Å². The van der Waals surface area contributed by atoms with Gasteiger partial charge < -0.3 is 0 Å². The van der Waals surface area contributed by atoms with E-state index in [1.807, 2.05) is 0 Å². The second kappa shape index (κ2) is 11.0. The molecule has 0 atom stereocenters. The Morgan fingerprint density at radius 3 is 2.19 bits per heavy atom. The minimum absolute atomic E-state index is 0.0759. The van der Waals surface area contributed by atoms with Crippen molar-refractivity contribution in [3.05, 3.63) is 0 Å². The molecule has 0 amide bonds. The van der Waals surface area contributed by atoms with Gasteiger partial charge in [-0.2, -0.15) is 0 Å². The van der Waals surface area contributed by atoms with Crippen LogP contribution in [0.4, 0.5) is 0 Å². The van der Waals surface area contributed by atoms with Crippen LogP contribution in [0.2, 0.25) is 56.2 Å². The lowest BCUT2D eigenvalue weighted by Crippen LogP contribution is -2.15. The van der Waals surface area contributed by atoms with Gasteiger partial charge in [-0.1, -0.05) is 75.4 Å². The number of rotatable bonds is 10. The van der Waals surface area contributed by atoms with Crippen molar-refractivity contribution < 1.29 is 0 Å². The molecule has 0 fully saturated rings. The topological polar surface area (TPSA) is 0 Å². The van der Waals surface area contributed by atoms with E-state index in [0.29, 0.717) is 0 Å². The van der Waals surface area contributed by atoms with E-state index in [-0.39, 0.29) is 26.4 Å². The van der Waals surface area contributed by atoms with Crippen molar-refractivity contribution in [2.24, 2.45) is 0 Å². The van der Waals surface area contributed by atoms with Gasteiger partial charge in [0.2, 0.25) is 0 Å². The standard InChI is InChI=1S/C12H31Si4/c1-14(2)11-13-9-7-6-8-10-16(5)12-15(3)4/h14-15H,6-12H2,1-5H3. The van der Waals surface area contributed by atoms with Gasteiger partial charge in [0.1, 0.15) is 0 Å². The molecule has 0 bridgehead atoms. The van der Waals surface area contributed by atoms with Crippen molar-refractivity contribution in [3.63, 3.8) is 0 Å². The Balaban J connectivity index is 3.14. The quantitative estimate of drug-likeness (QED) is 0.423. The first-order valence-corrected chi connectivity index (χ1v) is 17.1. The molecule has 4 heteroatoms. The van der Waals surface area contributed by atoms with E-state index < -0.39 is 0 Å². The molecule has 0 aliphatic carbocycles. The molecule has 3 radical (unpaired) electrons. The lowest BCUT2D eigenvalue weighted by atomic mass is 10.3. The predicted octanol–water partition coefficient (Wildman–Crippen LogP) is 3.87. The van der Waals surface area contributed by atoms with Crippen LogP contribution in [0.3, 0.4) is 0 Å². The van der Waals surface area contributed by atoms with E-state index in [4.69, 9.17) is 0 Å². The third kappa shape index (κ3) is 12.9. The highest BCUT2D eigenvalue weighted by Crippen LogP contribution is 2.11. The van der Waals surface area contributed by atoms with Crippen molar-refractivity contribution in [1.82, 2.24) is 0 Å². The average Bonchev–Trinajstić information content (AvgIpc) is 2.14. The van der Waals surface area contributed by atoms with Crippen LogP contribution in [0.5, 0.6) is 0 Å². The molecule has 0 aromatic rings. The maximum atomic E-state index is 2.56. The van der Waals surface area contributed by atoms with Gasteiger partial charge in [-0.05, 0) is 0 Å². The van der Waals surface area contributed by atoms with Crippen LogP contribution >= 0.6 is 0 Å². The highest BCUT2D eigenvalue weighted by Gasteiger charge is 2.07. The first-order chi connectivity index (χ1) is 7.52. The third-order valence-electron chi connectivity index (χ3n) is 2.77. The molecular weight excluding hydrogens is 256 g/mol. The van der Waals surface area contributed by atoms with Crippen LogP contribution in [0.25, 0.3) is 0 Å². The molecule has 0 aromatic heterocycles. The summed E-state index contributed by atoms with van der Waals surface area (Å²) in [6.07, 6.45) is 4.58. The summed E-state index contributed by atoms with van der Waals surface area (Å²) in [5.41, 5.74) is 3.26. The van der Waals surface area contributed by atoms with Gasteiger partial charge in [0.05, 0.1) is 0 Å². The van der Waals surface area contributed by atoms with E-state index in [9.17, 15) is 0 Å². The smallest absolute Gasteiger partial charge is 0.0415 e. The molecule has 0 aromatic carbocycles. The lowest BCUT2D eigenvalue weighted by Gasteiger charge is -2.10. The first-order valence-electron chi connectivity index (χ1n) is 7.04. The Hall–Kier alpha value is 0.868. The minimum Gasteiger partial charge on any atom is -0.0724 e. The van der Waals surface area contributed by atoms with E-state index in [1.165, 1.54) is 34.8 Å². The van der Waals surface area contributed by atoms with Crippen LogP contribution in [0, 0.1) is 0 Å². The fourth-order valence-corrected chi connectivity index (χ4v) is 12.9. The monoisotopic (exact) mass is 287 g/mol. The third-order valence-corrected chi connectivity index (χ3v) is 15.2. The highest BCUT2D eigenvalue weighted by atomic mass is 28.3. The van der Waals surface area contributed by atoms with Crippen molar-refractivity contribution in [1.29, 1.82) is 0 Å². The molecule has 0 N–H and O–H groups in total. The fraction of sp³-hybridized carbons (Fsp3) is 1.00. The van der Waals surface area contributed by atoms with Crippen LogP contribution in [0.1, 0.15) is 19.3 Å². The summed E-state index contributed by atoms with van der Waals surface area (Å²) in [4.78, 5) is 0. The number of unbranched alkanes of at least 4 members (excludes halogenated alkanes) is 2. The van der Waals surface area contributed by atoms with E-state index in [1.54, 1.807) is 17.4 Å². The molecule has 0 nitrogen and oxygen atoms in total. The number of hydrogen-bond acceptors (Lipinski definition) is 0. The Kier molecular flexibility index (Phi) is 11.6. The SMILES string of the molecule is C[Si](CCCCC[Si]C[SiH](C)C)C[SiH](C)C. The second-order valence-electron chi connectivity index (χ2n) is 5.96. The van der Waals surface area contributed by atoms with Gasteiger partial charge in [-0.3, -0.25) is 0 Å². The Morgan fingerprint density at radius 1 is 0.938 bits per heavy atom. The van der Waals surface area contributed by atoms with Crippen LogP contribution in [-0.4, -0.2) is 35.9 Å². The predicted molar refractivity (Wildman–Crippen MR) is 88.2 cm³/mol. The molecule has 95 valence electrons. The molecule has 0 aliphatic rings. The molecular formula is C12H31Si4. The van der Waals surface area contributed by atoms with Crippen molar-refractivity contribution in [2.75, 3.05) is 0 Å². The van der Waals surface area contributed by atoms with Gasteiger partial charge in [0.15, 0.2) is 0 Å². The maximum absolute atomic E-state index is 2.56. The first kappa shape index (κ1) is 16.9. The van der Waals surface area contributed by atoms with E-state index in [0.717, 1.165) is 0 Å². The van der Waals surface area contributed by atoms with E-state index >= 15 is 0 Å². The van der Waals surface area contributed by atoms with Crippen molar-refractivity contribution in [3.8, 4) is 0 Å². The van der Waals surface area contributed by atoms with Gasteiger partial charge in [-0.15, -0.1) is 0 Å². The molecule has 0 spiro atoms. The zero-order chi connectivity index (χ0) is 12.4. The minimum atomic E-state index is -0.259. The maximum Gasteiger partial charge on any atom is 0.0415 e. The van der Waals surface area contributed by atoms with Crippen LogP contribution < -0.4 is 0 Å². The average molecular weight is 288 g/mol. The molecule has 0 saturated heterocycles. The molecule has 0 saturated carbocycles. The Morgan fingerprint density at radius 2 is 1.62 bits per heavy atom. The van der Waals surface area contributed by atoms with Crippen LogP contribution in [0.15, 0.2) is 0 Å². The number of hydrogen-bond donors (Lipinski definition) is 0. The summed E-state index contributed by atoms with van der Waals surface area (Å²) in [5, 5.41) is 0. The molecule has 0 rings (SSSR count). The summed E-state index contributed by atoms with van der Waals surface area (Å²) >= 11 is 0. The van der Waals surface area contributed by atoms with Gasteiger partial charge >= 0.3 is 0 Å². The second-order valence-corrected chi connectivity index (χ2v) is 18.2. The molecule has 0 unspecified atom stereocenters. The summed E-state index contributed by atoms with van der Waals surface area (Å²) in [6.45, 7) is 12.5. The van der Waals surface area contributed by atoms with Gasteiger partial charge in [0, 0.05) is 35.9 Å². The Labute approximate surface area is 111 Å². The Bertz CT molecular complexity index is 148. The fourth-order valence-electron chi connectivity index (χ4n) is 2.04. The van der Waals surface area contributed by atoms with Crippen molar-refractivity contribution in [2.45, 2.75) is 75.4 Å². The van der Waals surface area contributed by atoms with Crippen molar-refractivity contribution >= 4 is 35.9 Å². The largest absolute Gasteiger partial charge is 0.0724 e. The van der Waals surface area contributed by atoms with Gasteiger partial charge in [0.25, 0.3) is 0 Å². The zero-order valence-electron chi connectivity index (χ0n) is 12.1.